The van der Waals surface area contributed by atoms with Gasteiger partial charge in [0.05, 0.1) is 5.70 Å². The number of carbonyl (C=O) groups excluding carboxylic acids is 2. The molecule has 0 bridgehead atoms. The van der Waals surface area contributed by atoms with Crippen LogP contribution in [0.5, 0.6) is 0 Å². The largest absolute Gasteiger partial charge is 0.359 e. The first-order chi connectivity index (χ1) is 5.99. The molecule has 13 heavy (non-hydrogen) atoms. The quantitative estimate of drug-likeness (QED) is 0.511. The van der Waals surface area contributed by atoms with Crippen molar-refractivity contribution in [3.05, 3.63) is 36.7 Å². The predicted molar refractivity (Wildman–Crippen MR) is 51.9 cm³/mol. The maximum atomic E-state index is 11.0. The van der Waals surface area contributed by atoms with Crippen molar-refractivity contribution in [3.63, 3.8) is 0 Å². The Morgan fingerprint density at radius 3 is 2.08 bits per heavy atom. The number of hydrogen-bond donors (Lipinski definition) is 1. The van der Waals surface area contributed by atoms with E-state index in [0.29, 0.717) is 11.3 Å². The monoisotopic (exact) mass is 179 g/mol. The molecule has 3 heteroatoms. The highest BCUT2D eigenvalue weighted by Crippen LogP contribution is 2.00. The summed E-state index contributed by atoms with van der Waals surface area (Å²) in [5.74, 6) is -0.327. The molecule has 0 heterocycles. The van der Waals surface area contributed by atoms with Crippen LogP contribution < -0.4 is 5.32 Å². The minimum absolute atomic E-state index is 0.162. The maximum absolute atomic E-state index is 11.0. The summed E-state index contributed by atoms with van der Waals surface area (Å²) >= 11 is 0. The van der Waals surface area contributed by atoms with Crippen LogP contribution in [0.25, 0.3) is 0 Å². The maximum Gasteiger partial charge on any atom is 0.175 e. The van der Waals surface area contributed by atoms with Crippen LogP contribution in [0.4, 0.5) is 0 Å². The molecular weight excluding hydrogens is 166 g/mol. The minimum atomic E-state index is -0.165. The molecule has 0 aromatic heterocycles. The van der Waals surface area contributed by atoms with Crippen molar-refractivity contribution < 1.29 is 9.59 Å². The highest BCUT2D eigenvalue weighted by molar-refractivity contribution is 5.99. The molecule has 0 aliphatic heterocycles. The normalized spacial score (nSPS) is 10.5. The Hall–Kier alpha value is -1.64. The van der Waals surface area contributed by atoms with Gasteiger partial charge in [-0.2, -0.15) is 0 Å². The van der Waals surface area contributed by atoms with Gasteiger partial charge in [-0.1, -0.05) is 13.2 Å². The average molecular weight is 179 g/mol. The van der Waals surface area contributed by atoms with E-state index in [1.165, 1.54) is 26.1 Å². The highest BCUT2D eigenvalue weighted by Gasteiger charge is 2.03. The van der Waals surface area contributed by atoms with Gasteiger partial charge < -0.3 is 5.32 Å². The van der Waals surface area contributed by atoms with Gasteiger partial charge in [0.1, 0.15) is 0 Å². The van der Waals surface area contributed by atoms with Crippen LogP contribution >= 0.6 is 0 Å². The second kappa shape index (κ2) is 5.09. The molecule has 0 aliphatic carbocycles. The number of Topliss-reactive ketones (excluding diaryl/α,β-unsaturated/α-hetero) is 2. The number of carbonyl (C=O) groups is 2. The standard InChI is InChI=1S/C10H13NO2/c1-5-11-10(9(4)13)6-7(2)8(3)12/h5-6,11H,1-2H2,3-4H3/b10-6-. The van der Waals surface area contributed by atoms with Crippen LogP contribution in [-0.2, 0) is 9.59 Å². The first-order valence-corrected chi connectivity index (χ1v) is 3.79. The fourth-order valence-electron chi connectivity index (χ4n) is 0.631. The fraction of sp³-hybridized carbons (Fsp3) is 0.200. The van der Waals surface area contributed by atoms with Gasteiger partial charge in [-0.3, -0.25) is 9.59 Å². The first kappa shape index (κ1) is 11.4. The molecule has 3 nitrogen and oxygen atoms in total. The van der Waals surface area contributed by atoms with Crippen LogP contribution in [0.1, 0.15) is 13.8 Å². The second-order valence-electron chi connectivity index (χ2n) is 2.54. The summed E-state index contributed by atoms with van der Waals surface area (Å²) in [6.07, 6.45) is 2.78. The van der Waals surface area contributed by atoms with E-state index >= 15 is 0 Å². The lowest BCUT2D eigenvalue weighted by Gasteiger charge is -2.02. The summed E-state index contributed by atoms with van der Waals surface area (Å²) in [7, 11) is 0. The smallest absolute Gasteiger partial charge is 0.175 e. The van der Waals surface area contributed by atoms with Crippen LogP contribution in [0, 0.1) is 0 Å². The van der Waals surface area contributed by atoms with Crippen molar-refractivity contribution in [2.24, 2.45) is 0 Å². The molecule has 70 valence electrons. The average Bonchev–Trinajstić information content (AvgIpc) is 2.03. The van der Waals surface area contributed by atoms with Crippen molar-refractivity contribution >= 4 is 11.6 Å². The zero-order valence-electron chi connectivity index (χ0n) is 7.89. The lowest BCUT2D eigenvalue weighted by molar-refractivity contribution is -0.114. The Morgan fingerprint density at radius 2 is 1.77 bits per heavy atom. The molecule has 1 N–H and O–H groups in total. The molecule has 0 rings (SSSR count). The number of allylic oxidation sites excluding steroid dienone is 3. The third-order valence-corrected chi connectivity index (χ3v) is 1.41. The third-order valence-electron chi connectivity index (χ3n) is 1.41. The van der Waals surface area contributed by atoms with Crippen LogP contribution in [0.3, 0.4) is 0 Å². The molecule has 0 fully saturated rings. The Balaban J connectivity index is 4.72. The number of hydrogen-bond acceptors (Lipinski definition) is 3. The van der Waals surface area contributed by atoms with Crippen LogP contribution in [-0.4, -0.2) is 11.6 Å². The summed E-state index contributed by atoms with van der Waals surface area (Å²) in [6, 6.07) is 0. The molecule has 0 aromatic carbocycles. The van der Waals surface area contributed by atoms with Gasteiger partial charge in [0.2, 0.25) is 0 Å². The summed E-state index contributed by atoms with van der Waals surface area (Å²) in [5.41, 5.74) is 0.606. The van der Waals surface area contributed by atoms with E-state index in [-0.39, 0.29) is 11.6 Å². The third kappa shape index (κ3) is 4.06. The molecule has 0 saturated carbocycles. The van der Waals surface area contributed by atoms with Crippen molar-refractivity contribution in [1.29, 1.82) is 0 Å². The van der Waals surface area contributed by atoms with E-state index in [0.717, 1.165) is 0 Å². The zero-order chi connectivity index (χ0) is 10.4. The van der Waals surface area contributed by atoms with E-state index in [2.05, 4.69) is 18.5 Å². The molecule has 0 spiro atoms. The molecule has 0 unspecified atom stereocenters. The Labute approximate surface area is 77.8 Å². The first-order valence-electron chi connectivity index (χ1n) is 3.79. The molecule has 0 aliphatic rings. The SMILES string of the molecule is C=CN/C(=C\C(=C)C(C)=O)C(C)=O. The predicted octanol–water partition coefficient (Wildman–Crippen LogP) is 1.34. The Bertz CT molecular complexity index is 287. The topological polar surface area (TPSA) is 46.2 Å². The van der Waals surface area contributed by atoms with E-state index < -0.39 is 0 Å². The number of nitrogens with one attached hydrogen (secondary N) is 1. The molecule has 0 aromatic rings. The zero-order valence-corrected chi connectivity index (χ0v) is 7.89. The van der Waals surface area contributed by atoms with Gasteiger partial charge >= 0.3 is 0 Å². The van der Waals surface area contributed by atoms with Crippen molar-refractivity contribution in [1.82, 2.24) is 5.32 Å². The highest BCUT2D eigenvalue weighted by atomic mass is 16.1. The van der Waals surface area contributed by atoms with Gasteiger partial charge in [0.15, 0.2) is 11.6 Å². The number of rotatable bonds is 5. The molecule has 0 saturated heterocycles. The minimum Gasteiger partial charge on any atom is -0.359 e. The van der Waals surface area contributed by atoms with Gasteiger partial charge in [0, 0.05) is 12.5 Å². The van der Waals surface area contributed by atoms with Crippen molar-refractivity contribution in [2.75, 3.05) is 0 Å². The molecule has 0 radical (unpaired) electrons. The van der Waals surface area contributed by atoms with Crippen molar-refractivity contribution in [2.45, 2.75) is 13.8 Å². The van der Waals surface area contributed by atoms with Gasteiger partial charge in [-0.25, -0.2) is 0 Å². The van der Waals surface area contributed by atoms with Crippen LogP contribution in [0.15, 0.2) is 36.7 Å². The number of ketones is 2. The van der Waals surface area contributed by atoms with E-state index in [1.54, 1.807) is 0 Å². The van der Waals surface area contributed by atoms with Gasteiger partial charge in [-0.15, -0.1) is 0 Å². The van der Waals surface area contributed by atoms with Crippen molar-refractivity contribution in [3.8, 4) is 0 Å². The van der Waals surface area contributed by atoms with Gasteiger partial charge in [0.25, 0.3) is 0 Å². The Kier molecular flexibility index (Phi) is 4.44. The Morgan fingerprint density at radius 1 is 1.23 bits per heavy atom. The summed E-state index contributed by atoms with van der Waals surface area (Å²) < 4.78 is 0. The lowest BCUT2D eigenvalue weighted by atomic mass is 10.1. The van der Waals surface area contributed by atoms with E-state index in [4.69, 9.17) is 0 Å². The molecule has 0 atom stereocenters. The lowest BCUT2D eigenvalue weighted by Crippen LogP contribution is -2.13. The van der Waals surface area contributed by atoms with Crippen LogP contribution in [0.2, 0.25) is 0 Å². The second-order valence-corrected chi connectivity index (χ2v) is 2.54. The van der Waals surface area contributed by atoms with E-state index in [9.17, 15) is 9.59 Å². The summed E-state index contributed by atoms with van der Waals surface area (Å²) in [4.78, 5) is 21.8. The van der Waals surface area contributed by atoms with E-state index in [1.807, 2.05) is 0 Å². The molecule has 0 amide bonds. The summed E-state index contributed by atoms with van der Waals surface area (Å²) in [6.45, 7) is 9.71. The van der Waals surface area contributed by atoms with Gasteiger partial charge in [-0.05, 0) is 19.2 Å². The fourth-order valence-corrected chi connectivity index (χ4v) is 0.631. The summed E-state index contributed by atoms with van der Waals surface area (Å²) in [5, 5.41) is 2.63. The molecular formula is C10H13NO2.